The Balaban J connectivity index is 3.32. The molecular formula is C21H40O4. The normalized spacial score (nSPS) is 11.5. The van der Waals surface area contributed by atoms with Crippen molar-refractivity contribution in [3.05, 3.63) is 0 Å². The van der Waals surface area contributed by atoms with Crippen LogP contribution >= 0.6 is 0 Å². The molecule has 0 aromatic carbocycles. The second-order valence-electron chi connectivity index (χ2n) is 8.02. The Hall–Kier alpha value is -0.900. The Morgan fingerprint density at radius 1 is 0.720 bits per heavy atom. The summed E-state index contributed by atoms with van der Waals surface area (Å²) < 4.78 is 5.16. The number of aliphatic hydroxyl groups is 1. The molecule has 0 heterocycles. The Kier molecular flexibility index (Phi) is 14.8. The molecule has 1 N–H and O–H groups in total. The number of carbonyl (C=O) groups is 2. The first kappa shape index (κ1) is 24.1. The van der Waals surface area contributed by atoms with E-state index in [0.29, 0.717) is 13.0 Å². The summed E-state index contributed by atoms with van der Waals surface area (Å²) in [5, 5.41) is 8.70. The van der Waals surface area contributed by atoms with Crippen molar-refractivity contribution in [2.45, 2.75) is 116 Å². The van der Waals surface area contributed by atoms with Crippen molar-refractivity contribution in [3.8, 4) is 0 Å². The molecule has 148 valence electrons. The van der Waals surface area contributed by atoms with Crippen molar-refractivity contribution >= 4 is 11.8 Å². The van der Waals surface area contributed by atoms with Gasteiger partial charge in [0.2, 0.25) is 0 Å². The number of esters is 1. The zero-order chi connectivity index (χ0) is 19.0. The van der Waals surface area contributed by atoms with Crippen LogP contribution in [0.4, 0.5) is 0 Å². The molecule has 0 aromatic rings. The van der Waals surface area contributed by atoms with Gasteiger partial charge in [0, 0.05) is 13.0 Å². The van der Waals surface area contributed by atoms with Gasteiger partial charge in [-0.15, -0.1) is 0 Å². The molecule has 0 fully saturated rings. The molecule has 25 heavy (non-hydrogen) atoms. The fourth-order valence-corrected chi connectivity index (χ4v) is 2.83. The maximum absolute atomic E-state index is 11.7. The van der Waals surface area contributed by atoms with E-state index in [0.717, 1.165) is 25.7 Å². The molecular weight excluding hydrogens is 316 g/mol. The second kappa shape index (κ2) is 15.4. The SMILES string of the molecule is CC(C)(C)OC(=O)CC(=O)CCCCCCCCCCCCCCO. The maximum Gasteiger partial charge on any atom is 0.313 e. The summed E-state index contributed by atoms with van der Waals surface area (Å²) in [7, 11) is 0. The number of aliphatic hydroxyl groups excluding tert-OH is 1. The number of ketones is 1. The van der Waals surface area contributed by atoms with Crippen LogP contribution in [0.2, 0.25) is 0 Å². The largest absolute Gasteiger partial charge is 0.460 e. The maximum atomic E-state index is 11.7. The summed E-state index contributed by atoms with van der Waals surface area (Å²) in [6, 6.07) is 0. The molecule has 0 saturated heterocycles. The van der Waals surface area contributed by atoms with E-state index >= 15 is 0 Å². The first-order chi connectivity index (χ1) is 11.8. The minimum absolute atomic E-state index is 0.00421. The van der Waals surface area contributed by atoms with Crippen molar-refractivity contribution in [1.82, 2.24) is 0 Å². The van der Waals surface area contributed by atoms with Crippen LogP contribution in [0.15, 0.2) is 0 Å². The fourth-order valence-electron chi connectivity index (χ4n) is 2.83. The van der Waals surface area contributed by atoms with E-state index in [1.165, 1.54) is 51.4 Å². The van der Waals surface area contributed by atoms with Crippen LogP contribution < -0.4 is 0 Å². The fraction of sp³-hybridized carbons (Fsp3) is 0.905. The highest BCUT2D eigenvalue weighted by molar-refractivity contribution is 5.95. The Labute approximate surface area is 154 Å². The number of hydrogen-bond donors (Lipinski definition) is 1. The van der Waals surface area contributed by atoms with E-state index in [9.17, 15) is 9.59 Å². The lowest BCUT2D eigenvalue weighted by molar-refractivity contribution is -0.156. The van der Waals surface area contributed by atoms with Crippen LogP contribution in [0.25, 0.3) is 0 Å². The van der Waals surface area contributed by atoms with Gasteiger partial charge >= 0.3 is 5.97 Å². The third kappa shape index (κ3) is 19.3. The van der Waals surface area contributed by atoms with Gasteiger partial charge in [-0.1, -0.05) is 64.2 Å². The summed E-state index contributed by atoms with van der Waals surface area (Å²) in [4.78, 5) is 23.3. The summed E-state index contributed by atoms with van der Waals surface area (Å²) in [6.45, 7) is 5.76. The molecule has 0 amide bonds. The highest BCUT2D eigenvalue weighted by Crippen LogP contribution is 2.13. The molecule has 0 aliphatic heterocycles. The Bertz CT molecular complexity index is 344. The van der Waals surface area contributed by atoms with E-state index in [2.05, 4.69) is 0 Å². The minimum Gasteiger partial charge on any atom is -0.460 e. The molecule has 0 atom stereocenters. The van der Waals surface area contributed by atoms with Gasteiger partial charge in [0.05, 0.1) is 0 Å². The molecule has 0 saturated carbocycles. The molecule has 4 nitrogen and oxygen atoms in total. The Morgan fingerprint density at radius 2 is 1.12 bits per heavy atom. The van der Waals surface area contributed by atoms with Gasteiger partial charge in [0.15, 0.2) is 0 Å². The van der Waals surface area contributed by atoms with Gasteiger partial charge in [-0.05, 0) is 33.6 Å². The quantitative estimate of drug-likeness (QED) is 0.230. The highest BCUT2D eigenvalue weighted by atomic mass is 16.6. The van der Waals surface area contributed by atoms with Crippen molar-refractivity contribution in [2.24, 2.45) is 0 Å². The third-order valence-electron chi connectivity index (χ3n) is 4.13. The van der Waals surface area contributed by atoms with E-state index < -0.39 is 11.6 Å². The number of unbranched alkanes of at least 4 members (excludes halogenated alkanes) is 11. The van der Waals surface area contributed by atoms with Gasteiger partial charge in [0.1, 0.15) is 17.8 Å². The topological polar surface area (TPSA) is 63.6 Å². The molecule has 4 heteroatoms. The van der Waals surface area contributed by atoms with Crippen molar-refractivity contribution in [2.75, 3.05) is 6.61 Å². The lowest BCUT2D eigenvalue weighted by Crippen LogP contribution is -2.25. The van der Waals surface area contributed by atoms with E-state index in [1.54, 1.807) is 0 Å². The average Bonchev–Trinajstić information content (AvgIpc) is 2.49. The van der Waals surface area contributed by atoms with Crippen LogP contribution in [0.5, 0.6) is 0 Å². The van der Waals surface area contributed by atoms with Gasteiger partial charge in [-0.2, -0.15) is 0 Å². The molecule has 0 unspecified atom stereocenters. The molecule has 0 radical (unpaired) electrons. The van der Waals surface area contributed by atoms with E-state index in [-0.39, 0.29) is 12.2 Å². The smallest absolute Gasteiger partial charge is 0.313 e. The van der Waals surface area contributed by atoms with Crippen LogP contribution in [0.3, 0.4) is 0 Å². The second-order valence-corrected chi connectivity index (χ2v) is 8.02. The van der Waals surface area contributed by atoms with Crippen molar-refractivity contribution in [3.63, 3.8) is 0 Å². The van der Waals surface area contributed by atoms with Crippen molar-refractivity contribution in [1.29, 1.82) is 0 Å². The summed E-state index contributed by atoms with van der Waals surface area (Å²) in [5.74, 6) is -0.413. The molecule has 0 spiro atoms. The highest BCUT2D eigenvalue weighted by Gasteiger charge is 2.18. The van der Waals surface area contributed by atoms with Gasteiger partial charge in [-0.25, -0.2) is 0 Å². The minimum atomic E-state index is -0.517. The zero-order valence-corrected chi connectivity index (χ0v) is 16.8. The zero-order valence-electron chi connectivity index (χ0n) is 16.8. The van der Waals surface area contributed by atoms with Gasteiger partial charge < -0.3 is 9.84 Å². The third-order valence-corrected chi connectivity index (χ3v) is 4.13. The number of hydrogen-bond acceptors (Lipinski definition) is 4. The predicted molar refractivity (Wildman–Crippen MR) is 103 cm³/mol. The van der Waals surface area contributed by atoms with Crippen molar-refractivity contribution < 1.29 is 19.4 Å². The van der Waals surface area contributed by atoms with E-state index in [4.69, 9.17) is 9.84 Å². The summed E-state index contributed by atoms with van der Waals surface area (Å²) in [5.41, 5.74) is -0.517. The molecule has 0 aliphatic rings. The molecule has 0 aliphatic carbocycles. The molecule has 0 aromatic heterocycles. The van der Waals surface area contributed by atoms with Crippen LogP contribution in [0.1, 0.15) is 111 Å². The average molecular weight is 357 g/mol. The molecule has 0 rings (SSSR count). The lowest BCUT2D eigenvalue weighted by Gasteiger charge is -2.19. The summed E-state index contributed by atoms with van der Waals surface area (Å²) >= 11 is 0. The summed E-state index contributed by atoms with van der Waals surface area (Å²) in [6.07, 6.45) is 14.6. The number of rotatable bonds is 16. The van der Waals surface area contributed by atoms with Gasteiger partial charge in [-0.3, -0.25) is 9.59 Å². The van der Waals surface area contributed by atoms with Gasteiger partial charge in [0.25, 0.3) is 0 Å². The van der Waals surface area contributed by atoms with Crippen LogP contribution in [-0.2, 0) is 14.3 Å². The number of Topliss-reactive ketones (excluding diaryl/α,β-unsaturated/α-hetero) is 1. The first-order valence-electron chi connectivity index (χ1n) is 10.2. The van der Waals surface area contributed by atoms with Crippen LogP contribution in [-0.4, -0.2) is 29.1 Å². The molecule has 0 bridgehead atoms. The predicted octanol–water partition coefficient (Wildman–Crippen LogP) is 5.35. The Morgan fingerprint density at radius 3 is 1.52 bits per heavy atom. The van der Waals surface area contributed by atoms with Crippen LogP contribution in [0, 0.1) is 0 Å². The lowest BCUT2D eigenvalue weighted by atomic mass is 10.0. The number of ether oxygens (including phenoxy) is 1. The number of carbonyl (C=O) groups excluding carboxylic acids is 2. The first-order valence-corrected chi connectivity index (χ1v) is 10.2. The standard InChI is InChI=1S/C21H40O4/c1-21(2,3)25-20(24)18-19(23)16-14-12-10-8-6-4-5-7-9-11-13-15-17-22/h22H,4-18H2,1-3H3. The monoisotopic (exact) mass is 356 g/mol. The van der Waals surface area contributed by atoms with E-state index in [1.807, 2.05) is 20.8 Å².